The van der Waals surface area contributed by atoms with Crippen LogP contribution in [0.2, 0.25) is 0 Å². The van der Waals surface area contributed by atoms with E-state index in [4.69, 9.17) is 15.6 Å². The Balaban J connectivity index is 1.99. The van der Waals surface area contributed by atoms with Crippen LogP contribution in [0.1, 0.15) is 16.9 Å². The second kappa shape index (κ2) is 7.77. The largest absolute Gasteiger partial charge is 0.480 e. The molecule has 24 heavy (non-hydrogen) atoms. The maximum Gasteiger partial charge on any atom is 0.326 e. The van der Waals surface area contributed by atoms with Crippen LogP contribution in [0.15, 0.2) is 53.2 Å². The third-order valence-electron chi connectivity index (χ3n) is 3.26. The molecular weight excluding hydrogens is 310 g/mol. The first-order valence-electron chi connectivity index (χ1n) is 7.14. The second-order valence-electron chi connectivity index (χ2n) is 5.06. The Hall–Kier alpha value is -3.35. The summed E-state index contributed by atoms with van der Waals surface area (Å²) in [6.07, 6.45) is 4.26. The number of amides is 1. The average molecular weight is 327 g/mol. The number of aliphatic carboxylic acids is 1. The van der Waals surface area contributed by atoms with E-state index in [2.05, 4.69) is 5.32 Å². The smallest absolute Gasteiger partial charge is 0.326 e. The summed E-state index contributed by atoms with van der Waals surface area (Å²) in [5.41, 5.74) is 6.63. The number of hydrogen-bond acceptors (Lipinski definition) is 4. The lowest BCUT2D eigenvalue weighted by molar-refractivity contribution is -0.141. The molecule has 7 nitrogen and oxygen atoms in total. The molecule has 0 bridgehead atoms. The Morgan fingerprint density at radius 1 is 1.29 bits per heavy atom. The van der Waals surface area contributed by atoms with E-state index in [1.54, 1.807) is 36.4 Å². The highest BCUT2D eigenvalue weighted by Crippen LogP contribution is 2.08. The number of nitrogens with one attached hydrogen (secondary N) is 2. The predicted molar refractivity (Wildman–Crippen MR) is 88.5 cm³/mol. The molecule has 1 aromatic carbocycles. The fourth-order valence-corrected chi connectivity index (χ4v) is 2.02. The van der Waals surface area contributed by atoms with Crippen LogP contribution in [0.5, 0.6) is 0 Å². The molecule has 0 saturated heterocycles. The van der Waals surface area contributed by atoms with Crippen LogP contribution in [0.3, 0.4) is 0 Å². The number of nitrogens with two attached hydrogens (primary N) is 1. The Labute approximate surface area is 138 Å². The van der Waals surface area contributed by atoms with E-state index in [-0.39, 0.29) is 12.3 Å². The first-order chi connectivity index (χ1) is 11.5. The first kappa shape index (κ1) is 17.0. The fraction of sp³-hybridized carbons (Fsp3) is 0.118. The summed E-state index contributed by atoms with van der Waals surface area (Å²) in [6.45, 7) is 0. The minimum atomic E-state index is -1.13. The number of carboxylic acids is 1. The van der Waals surface area contributed by atoms with E-state index in [0.717, 1.165) is 0 Å². The summed E-state index contributed by atoms with van der Waals surface area (Å²) in [6, 6.07) is 8.92. The number of nitrogen functional groups attached to an aromatic ring is 1. The lowest BCUT2D eigenvalue weighted by Crippen LogP contribution is -2.41. The van der Waals surface area contributed by atoms with Gasteiger partial charge >= 0.3 is 5.97 Å². The van der Waals surface area contributed by atoms with E-state index in [1.807, 2.05) is 0 Å². The van der Waals surface area contributed by atoms with Crippen molar-refractivity contribution in [2.75, 3.05) is 0 Å². The number of carbonyl (C=O) groups is 2. The molecule has 0 aliphatic rings. The van der Waals surface area contributed by atoms with Crippen LogP contribution in [0.25, 0.3) is 6.08 Å². The van der Waals surface area contributed by atoms with E-state index in [0.29, 0.717) is 16.9 Å². The molecule has 0 aliphatic heterocycles. The molecule has 2 rings (SSSR count). The van der Waals surface area contributed by atoms with Crippen LogP contribution in [0, 0.1) is 5.41 Å². The van der Waals surface area contributed by atoms with Gasteiger partial charge in [-0.2, -0.15) is 0 Å². The maximum absolute atomic E-state index is 11.8. The van der Waals surface area contributed by atoms with Crippen molar-refractivity contribution in [2.45, 2.75) is 12.5 Å². The van der Waals surface area contributed by atoms with Gasteiger partial charge in [0.2, 0.25) is 5.91 Å². The second-order valence-corrected chi connectivity index (χ2v) is 5.06. The lowest BCUT2D eigenvalue weighted by atomic mass is 10.0. The van der Waals surface area contributed by atoms with Gasteiger partial charge in [0.1, 0.15) is 17.6 Å². The number of benzene rings is 1. The van der Waals surface area contributed by atoms with Gasteiger partial charge in [0.15, 0.2) is 0 Å². The van der Waals surface area contributed by atoms with Crippen LogP contribution < -0.4 is 11.1 Å². The van der Waals surface area contributed by atoms with Crippen molar-refractivity contribution in [3.63, 3.8) is 0 Å². The maximum atomic E-state index is 11.8. The van der Waals surface area contributed by atoms with Gasteiger partial charge in [-0.15, -0.1) is 0 Å². The molecule has 2 aromatic rings. The number of hydrogen-bond donors (Lipinski definition) is 4. The number of rotatable bonds is 7. The van der Waals surface area contributed by atoms with Crippen molar-refractivity contribution in [1.82, 2.24) is 5.32 Å². The van der Waals surface area contributed by atoms with Crippen LogP contribution in [0.4, 0.5) is 0 Å². The third kappa shape index (κ3) is 4.84. The molecule has 0 unspecified atom stereocenters. The summed E-state index contributed by atoms with van der Waals surface area (Å²) in [7, 11) is 0. The standard InChI is InChI=1S/C17H17N3O4/c18-16(19)12-5-3-11(4-6-12)10-14(17(22)23)20-15(21)8-7-13-2-1-9-24-13/h1-9,14H,10H2,(H3,18,19)(H,20,21)(H,22,23)/t14-/m0/s1. The van der Waals surface area contributed by atoms with E-state index < -0.39 is 17.9 Å². The number of carbonyl (C=O) groups excluding carboxylic acids is 1. The van der Waals surface area contributed by atoms with Crippen LogP contribution in [-0.4, -0.2) is 28.9 Å². The highest BCUT2D eigenvalue weighted by Gasteiger charge is 2.19. The van der Waals surface area contributed by atoms with Crippen molar-refractivity contribution in [1.29, 1.82) is 5.41 Å². The van der Waals surface area contributed by atoms with Crippen molar-refractivity contribution in [3.05, 3.63) is 65.6 Å². The van der Waals surface area contributed by atoms with Crippen LogP contribution in [-0.2, 0) is 16.0 Å². The number of furan rings is 1. The van der Waals surface area contributed by atoms with Gasteiger partial charge in [-0.05, 0) is 23.8 Å². The molecule has 1 amide bonds. The predicted octanol–water partition coefficient (Wildman–Crippen LogP) is 1.39. The molecule has 0 saturated carbocycles. The molecule has 0 radical (unpaired) electrons. The summed E-state index contributed by atoms with van der Waals surface area (Å²) in [5, 5.41) is 19.0. The Morgan fingerprint density at radius 3 is 2.54 bits per heavy atom. The number of amidine groups is 1. The summed E-state index contributed by atoms with van der Waals surface area (Å²) in [4.78, 5) is 23.2. The lowest BCUT2D eigenvalue weighted by Gasteiger charge is -2.13. The van der Waals surface area contributed by atoms with Gasteiger partial charge in [0, 0.05) is 18.1 Å². The molecule has 124 valence electrons. The van der Waals surface area contributed by atoms with Crippen molar-refractivity contribution in [2.24, 2.45) is 5.73 Å². The van der Waals surface area contributed by atoms with Gasteiger partial charge < -0.3 is 20.6 Å². The molecular formula is C17H17N3O4. The van der Waals surface area contributed by atoms with Gasteiger partial charge in [-0.1, -0.05) is 24.3 Å². The van der Waals surface area contributed by atoms with E-state index >= 15 is 0 Å². The van der Waals surface area contributed by atoms with Crippen molar-refractivity contribution < 1.29 is 19.1 Å². The van der Waals surface area contributed by atoms with Crippen molar-refractivity contribution in [3.8, 4) is 0 Å². The summed E-state index contributed by atoms with van der Waals surface area (Å²) in [5.74, 6) is -1.23. The van der Waals surface area contributed by atoms with Gasteiger partial charge in [0.05, 0.1) is 6.26 Å². The Morgan fingerprint density at radius 2 is 2.00 bits per heavy atom. The molecule has 0 spiro atoms. The highest BCUT2D eigenvalue weighted by molar-refractivity contribution is 5.95. The zero-order valence-corrected chi connectivity index (χ0v) is 12.7. The van der Waals surface area contributed by atoms with Gasteiger partial charge in [-0.25, -0.2) is 4.79 Å². The number of carboxylic acid groups (broad SMARTS) is 1. The average Bonchev–Trinajstić information content (AvgIpc) is 3.06. The Kier molecular flexibility index (Phi) is 5.51. The summed E-state index contributed by atoms with van der Waals surface area (Å²) >= 11 is 0. The molecule has 1 heterocycles. The minimum absolute atomic E-state index is 0.0623. The molecule has 0 fully saturated rings. The van der Waals surface area contributed by atoms with Crippen LogP contribution >= 0.6 is 0 Å². The van der Waals surface area contributed by atoms with Gasteiger partial charge in [-0.3, -0.25) is 10.2 Å². The molecule has 0 aliphatic carbocycles. The Bertz CT molecular complexity index is 749. The molecule has 7 heteroatoms. The highest BCUT2D eigenvalue weighted by atomic mass is 16.4. The zero-order chi connectivity index (χ0) is 17.5. The summed E-state index contributed by atoms with van der Waals surface area (Å²) < 4.78 is 5.05. The SMILES string of the molecule is N=C(N)c1ccc(C[C@H](NC(=O)C=Cc2ccco2)C(=O)O)cc1. The zero-order valence-electron chi connectivity index (χ0n) is 12.7. The molecule has 1 atom stereocenters. The molecule has 1 aromatic heterocycles. The van der Waals surface area contributed by atoms with E-state index in [1.165, 1.54) is 18.4 Å². The third-order valence-corrected chi connectivity index (χ3v) is 3.26. The van der Waals surface area contributed by atoms with Crippen molar-refractivity contribution >= 4 is 23.8 Å². The topological polar surface area (TPSA) is 129 Å². The normalized spacial score (nSPS) is 12.0. The fourth-order valence-electron chi connectivity index (χ4n) is 2.02. The first-order valence-corrected chi connectivity index (χ1v) is 7.14. The van der Waals surface area contributed by atoms with E-state index in [9.17, 15) is 14.7 Å². The quantitative estimate of drug-likeness (QED) is 0.347. The van der Waals surface area contributed by atoms with Gasteiger partial charge in [0.25, 0.3) is 0 Å². The molecule has 5 N–H and O–H groups in total. The monoisotopic (exact) mass is 327 g/mol. The minimum Gasteiger partial charge on any atom is -0.480 e.